The van der Waals surface area contributed by atoms with Crippen LogP contribution in [0.2, 0.25) is 0 Å². The second-order valence-electron chi connectivity index (χ2n) is 27.5. The zero-order chi connectivity index (χ0) is 52.9. The summed E-state index contributed by atoms with van der Waals surface area (Å²) in [5, 5.41) is 30.4. The van der Waals surface area contributed by atoms with Crippen LogP contribution in [0.15, 0.2) is 24.3 Å². The number of fused-ring (bicyclic) bond motifs is 10. The van der Waals surface area contributed by atoms with Crippen LogP contribution in [0.1, 0.15) is 130 Å². The lowest BCUT2D eigenvalue weighted by atomic mass is 9.69. The summed E-state index contributed by atoms with van der Waals surface area (Å²) in [5.41, 5.74) is 2.12. The zero-order valence-corrected chi connectivity index (χ0v) is 45.3. The van der Waals surface area contributed by atoms with Gasteiger partial charge < -0.3 is 86.4 Å². The molecule has 13 bridgehead atoms. The van der Waals surface area contributed by atoms with Gasteiger partial charge in [-0.25, -0.2) is 0 Å². The number of hydrogen-bond acceptors (Lipinski definition) is 19. The Kier molecular flexibility index (Phi) is 12.6. The summed E-state index contributed by atoms with van der Waals surface area (Å²) in [5.74, 6) is -3.31. The minimum absolute atomic E-state index is 0.0324. The fraction of sp³-hybridized carbons (Fsp3) is 0.915. The Morgan fingerprint density at radius 3 is 2.10 bits per heavy atom. The topological polar surface area (TPSA) is 216 Å². The normalized spacial score (nSPS) is 59.0. The molecule has 78 heavy (non-hydrogen) atoms. The molecule has 19 heteroatoms. The third kappa shape index (κ3) is 8.29. The predicted molar refractivity (Wildman–Crippen MR) is 267 cm³/mol. The molecule has 17 saturated heterocycles. The van der Waals surface area contributed by atoms with E-state index in [0.717, 1.165) is 43.3 Å². The van der Waals surface area contributed by atoms with Crippen molar-refractivity contribution >= 4 is 5.97 Å². The fourth-order valence-corrected chi connectivity index (χ4v) is 19.0. The monoisotopic (exact) mass is 1090 g/mol. The molecule has 0 radical (unpaired) electrons. The maximum absolute atomic E-state index is 14.5. The van der Waals surface area contributed by atoms with E-state index in [2.05, 4.69) is 27.4 Å². The van der Waals surface area contributed by atoms with Gasteiger partial charge in [-0.05, 0) is 73.8 Å². The van der Waals surface area contributed by atoms with E-state index in [1.807, 2.05) is 0 Å². The number of esters is 1. The molecule has 17 fully saturated rings. The molecule has 0 amide bonds. The highest BCUT2D eigenvalue weighted by atomic mass is 16.8. The summed E-state index contributed by atoms with van der Waals surface area (Å²) >= 11 is 0. The van der Waals surface area contributed by atoms with Gasteiger partial charge >= 0.3 is 5.97 Å². The van der Waals surface area contributed by atoms with Gasteiger partial charge in [-0.15, -0.1) is 0 Å². The summed E-state index contributed by atoms with van der Waals surface area (Å²) in [6, 6.07) is 0. The first kappa shape index (κ1) is 51.9. The van der Waals surface area contributed by atoms with Gasteiger partial charge in [0.1, 0.15) is 36.6 Å². The molecule has 0 saturated carbocycles. The van der Waals surface area contributed by atoms with E-state index in [4.69, 9.17) is 77.6 Å². The number of rotatable bonds is 4. The van der Waals surface area contributed by atoms with Crippen LogP contribution < -0.4 is 0 Å². The Bertz CT molecular complexity index is 2380. The first-order valence-electron chi connectivity index (χ1n) is 30.4. The maximum atomic E-state index is 14.5. The second-order valence-corrected chi connectivity index (χ2v) is 27.5. The Morgan fingerprint density at radius 1 is 0.526 bits per heavy atom. The summed E-state index contributed by atoms with van der Waals surface area (Å²) in [6.07, 6.45) is 0.803. The van der Waals surface area contributed by atoms with E-state index in [1.54, 1.807) is 0 Å². The summed E-state index contributed by atoms with van der Waals surface area (Å²) in [4.78, 5) is 14.5. The molecule has 17 aliphatic heterocycles. The minimum atomic E-state index is -1.02. The highest BCUT2D eigenvalue weighted by molar-refractivity contribution is 5.70. The van der Waals surface area contributed by atoms with Gasteiger partial charge in [0, 0.05) is 69.6 Å². The lowest BCUT2D eigenvalue weighted by Gasteiger charge is -2.52. The van der Waals surface area contributed by atoms with Crippen molar-refractivity contribution in [1.29, 1.82) is 0 Å². The lowest BCUT2D eigenvalue weighted by Crippen LogP contribution is -2.63. The van der Waals surface area contributed by atoms with Crippen molar-refractivity contribution in [1.82, 2.24) is 0 Å². The number of ether oxygens (including phenoxy) is 15. The molecule has 0 aromatic carbocycles. The standard InChI is InChI=1S/C59H82O19/c1-24-10-32-13-34-33-12-30(6-8-36(24)65-32)64-38(27(33)4)15-41-51(72-47(63)14-31-7-9-37-52(66-31)56-55-54(68-37)53-45(71-55)22-59(34,77-53)78-56)28(5)50-42(67-41)17-40-44(70-50)20-58(73-40)21-46-49(76-58)26(3)19-57(75-46)18-25(2)48-43(74-57)16-39(69-48)35(62)11-29(61)23-60/h25-26,28-46,48-56,60-62H,1,4,6-23H2,2-3,5H3/t25?,26?,28?,29?,30?,31?,32-,33?,34?,35?,36?,37+,38?,39+,40?,41+,42-,43+,44?,45?,46+,48+,49+,50?,51?,52?,53+,54+,55?,56+,57-,58?,59-/m1/s1. The largest absolute Gasteiger partial charge is 0.459 e. The predicted octanol–water partition coefficient (Wildman–Crippen LogP) is 4.15. The lowest BCUT2D eigenvalue weighted by molar-refractivity contribution is -0.347. The van der Waals surface area contributed by atoms with E-state index in [-0.39, 0.29) is 146 Å². The molecule has 17 heterocycles. The van der Waals surface area contributed by atoms with Crippen LogP contribution >= 0.6 is 0 Å². The van der Waals surface area contributed by atoms with Gasteiger partial charge in [-0.2, -0.15) is 0 Å². The van der Waals surface area contributed by atoms with Gasteiger partial charge in [-0.3, -0.25) is 4.79 Å². The van der Waals surface area contributed by atoms with Crippen LogP contribution in [-0.2, 0) is 75.8 Å². The van der Waals surface area contributed by atoms with Gasteiger partial charge in [0.25, 0.3) is 0 Å². The third-order valence-electron chi connectivity index (χ3n) is 22.3. The first-order valence-corrected chi connectivity index (χ1v) is 30.4. The van der Waals surface area contributed by atoms with Crippen LogP contribution in [0, 0.1) is 29.6 Å². The third-order valence-corrected chi connectivity index (χ3v) is 22.3. The van der Waals surface area contributed by atoms with Crippen LogP contribution in [0.25, 0.3) is 0 Å². The van der Waals surface area contributed by atoms with E-state index >= 15 is 0 Å². The molecule has 33 atom stereocenters. The van der Waals surface area contributed by atoms with Crippen molar-refractivity contribution in [3.63, 3.8) is 0 Å². The molecule has 0 aliphatic carbocycles. The highest BCUT2D eigenvalue weighted by Gasteiger charge is 2.72. The molecule has 0 aromatic heterocycles. The smallest absolute Gasteiger partial charge is 0.308 e. The summed E-state index contributed by atoms with van der Waals surface area (Å²) < 4.78 is 105. The average Bonchev–Trinajstić information content (AvgIpc) is 4.00. The number of carbonyl (C=O) groups excluding carboxylic acids is 1. The highest BCUT2D eigenvalue weighted by Crippen LogP contribution is 2.61. The molecular weight excluding hydrogens is 1010 g/mol. The fourth-order valence-electron chi connectivity index (χ4n) is 19.0. The molecule has 432 valence electrons. The Hall–Kier alpha value is -1.73. The molecule has 17 aliphatic rings. The number of aliphatic hydroxyl groups is 3. The van der Waals surface area contributed by atoms with E-state index in [1.165, 1.54) is 0 Å². The van der Waals surface area contributed by atoms with Gasteiger partial charge in [0.15, 0.2) is 17.4 Å². The van der Waals surface area contributed by atoms with Crippen LogP contribution in [0.3, 0.4) is 0 Å². The SMILES string of the molecule is C=C1C[C@@H]2CC3C4CC(CCC1O2)OC(C[C@@H]1O[C@@H]2CC5OC6(CC5OC2C(C)C1OC(=O)CC1CC[C@@H]2O[C@@H]5C7OC8C[C@]3(O[C@H]7C2O1)O[C@@H]85)C[C@@H]1O[C@]2(CC(C)[C@@H]3O[C@H](C(O)CC(O)CO)C[C@@H]3O2)CC(C)[C@@H]1O6)C4=C. The molecule has 0 aromatic rings. The Balaban J connectivity index is 0.662. The van der Waals surface area contributed by atoms with E-state index < -0.39 is 78.9 Å². The number of aliphatic hydroxyl groups excluding tert-OH is 3. The second kappa shape index (κ2) is 18.9. The van der Waals surface area contributed by atoms with Gasteiger partial charge in [0.05, 0.1) is 129 Å². The first-order chi connectivity index (χ1) is 37.6. The van der Waals surface area contributed by atoms with Gasteiger partial charge in [0.2, 0.25) is 0 Å². The summed E-state index contributed by atoms with van der Waals surface area (Å²) in [7, 11) is 0. The van der Waals surface area contributed by atoms with Crippen molar-refractivity contribution in [2.45, 2.75) is 300 Å². The Labute approximate surface area is 456 Å². The van der Waals surface area contributed by atoms with Crippen molar-refractivity contribution in [3.05, 3.63) is 24.3 Å². The average molecular weight is 1100 g/mol. The van der Waals surface area contributed by atoms with Crippen molar-refractivity contribution in [2.75, 3.05) is 6.61 Å². The molecule has 3 N–H and O–H groups in total. The maximum Gasteiger partial charge on any atom is 0.308 e. The van der Waals surface area contributed by atoms with Gasteiger partial charge in [-0.1, -0.05) is 33.9 Å². The van der Waals surface area contributed by atoms with E-state index in [0.29, 0.717) is 64.2 Å². The van der Waals surface area contributed by atoms with Crippen molar-refractivity contribution < 1.29 is 91.2 Å². The van der Waals surface area contributed by atoms with Crippen LogP contribution in [-0.4, -0.2) is 198 Å². The number of hydrogen-bond donors (Lipinski definition) is 3. The van der Waals surface area contributed by atoms with E-state index in [9.17, 15) is 20.1 Å². The Morgan fingerprint density at radius 2 is 1.24 bits per heavy atom. The molecular formula is C59H82O19. The minimum Gasteiger partial charge on any atom is -0.459 e. The molecule has 3 spiro atoms. The number of carbonyl (C=O) groups is 1. The molecule has 19 nitrogen and oxygen atoms in total. The van der Waals surface area contributed by atoms with Crippen LogP contribution in [0.5, 0.6) is 0 Å². The molecule has 19 unspecified atom stereocenters. The summed E-state index contributed by atoms with van der Waals surface area (Å²) in [6.45, 7) is 15.5. The van der Waals surface area contributed by atoms with Crippen LogP contribution in [0.4, 0.5) is 0 Å². The van der Waals surface area contributed by atoms with Crippen molar-refractivity contribution in [3.8, 4) is 0 Å². The molecule has 17 rings (SSSR count). The quantitative estimate of drug-likeness (QED) is 0.266. The zero-order valence-electron chi connectivity index (χ0n) is 45.3. The van der Waals surface area contributed by atoms with Crippen molar-refractivity contribution in [2.24, 2.45) is 29.6 Å².